The highest BCUT2D eigenvalue weighted by Gasteiger charge is 2.34. The average molecular weight is 465 g/mol. The standard InChI is InChI=1S/C28H36N2O2S/c1-8-28(2,3)27-24(33(31)32)19-18-23(30(6)7)26(27)25(20-12-10-9-11-13-20)21-14-16-22(17-15-21)29(4)5/h9-19,25H,8H2,1-7H3,(H,31,32). The normalized spacial score (nSPS) is 13.5. The highest BCUT2D eigenvalue weighted by molar-refractivity contribution is 7.79. The van der Waals surface area contributed by atoms with Crippen LogP contribution in [-0.4, -0.2) is 37.0 Å². The zero-order valence-electron chi connectivity index (χ0n) is 20.8. The third-order valence-corrected chi connectivity index (χ3v) is 7.30. The van der Waals surface area contributed by atoms with Gasteiger partial charge in [-0.2, -0.15) is 0 Å². The summed E-state index contributed by atoms with van der Waals surface area (Å²) in [7, 11) is 8.15. The van der Waals surface area contributed by atoms with E-state index in [2.05, 4.69) is 79.1 Å². The molecule has 2 unspecified atom stereocenters. The predicted octanol–water partition coefficient (Wildman–Crippen LogP) is 6.27. The third kappa shape index (κ3) is 5.15. The molecule has 0 amide bonds. The lowest BCUT2D eigenvalue weighted by Crippen LogP contribution is -2.26. The molecule has 0 spiro atoms. The monoisotopic (exact) mass is 464 g/mol. The molecule has 0 saturated carbocycles. The van der Waals surface area contributed by atoms with E-state index in [1.54, 1.807) is 0 Å². The summed E-state index contributed by atoms with van der Waals surface area (Å²) in [5.74, 6) is -0.0795. The summed E-state index contributed by atoms with van der Waals surface area (Å²) in [5, 5.41) is 0. The van der Waals surface area contributed by atoms with E-state index >= 15 is 0 Å². The number of hydrogen-bond donors (Lipinski definition) is 1. The van der Waals surface area contributed by atoms with Crippen molar-refractivity contribution in [2.45, 2.75) is 43.4 Å². The molecule has 0 heterocycles. The van der Waals surface area contributed by atoms with Crippen molar-refractivity contribution in [2.75, 3.05) is 38.0 Å². The van der Waals surface area contributed by atoms with Gasteiger partial charge in [-0.15, -0.1) is 0 Å². The number of hydrogen-bond acceptors (Lipinski definition) is 3. The SMILES string of the molecule is CCC(C)(C)c1c(S(=O)O)ccc(N(C)C)c1C(c1ccccc1)c1ccc(N(C)C)cc1. The van der Waals surface area contributed by atoms with Gasteiger partial charge >= 0.3 is 0 Å². The summed E-state index contributed by atoms with van der Waals surface area (Å²) in [5.41, 5.74) is 6.28. The summed E-state index contributed by atoms with van der Waals surface area (Å²) in [6, 6.07) is 22.9. The second kappa shape index (κ2) is 10.1. The molecular weight excluding hydrogens is 428 g/mol. The van der Waals surface area contributed by atoms with Crippen molar-refractivity contribution in [1.29, 1.82) is 0 Å². The van der Waals surface area contributed by atoms with Gasteiger partial charge in [-0.1, -0.05) is 63.2 Å². The van der Waals surface area contributed by atoms with Crippen LogP contribution in [-0.2, 0) is 16.5 Å². The van der Waals surface area contributed by atoms with E-state index in [4.69, 9.17) is 0 Å². The first kappa shape index (κ1) is 25.0. The van der Waals surface area contributed by atoms with Crippen molar-refractivity contribution in [3.05, 3.63) is 89.0 Å². The lowest BCUT2D eigenvalue weighted by Gasteiger charge is -2.35. The Morgan fingerprint density at radius 2 is 1.42 bits per heavy atom. The van der Waals surface area contributed by atoms with E-state index in [0.717, 1.165) is 40.0 Å². The molecule has 3 rings (SSSR count). The molecule has 0 aromatic heterocycles. The topological polar surface area (TPSA) is 43.8 Å². The number of nitrogens with zero attached hydrogens (tertiary/aromatic N) is 2. The molecule has 0 aliphatic heterocycles. The minimum Gasteiger partial charge on any atom is -0.378 e. The van der Waals surface area contributed by atoms with Crippen LogP contribution < -0.4 is 9.80 Å². The number of anilines is 2. The zero-order chi connectivity index (χ0) is 24.3. The Kier molecular flexibility index (Phi) is 7.65. The van der Waals surface area contributed by atoms with Gasteiger partial charge in [-0.05, 0) is 58.4 Å². The minimum absolute atomic E-state index is 0.0795. The second-order valence-corrected chi connectivity index (χ2v) is 10.5. The van der Waals surface area contributed by atoms with Crippen LogP contribution in [0.4, 0.5) is 11.4 Å². The summed E-state index contributed by atoms with van der Waals surface area (Å²) in [6.45, 7) is 6.47. The van der Waals surface area contributed by atoms with E-state index in [-0.39, 0.29) is 11.3 Å². The molecule has 0 saturated heterocycles. The predicted molar refractivity (Wildman–Crippen MR) is 141 cm³/mol. The van der Waals surface area contributed by atoms with Crippen LogP contribution in [0.15, 0.2) is 71.6 Å². The van der Waals surface area contributed by atoms with Crippen LogP contribution in [0.25, 0.3) is 0 Å². The van der Waals surface area contributed by atoms with Gasteiger partial charge in [0, 0.05) is 45.5 Å². The summed E-state index contributed by atoms with van der Waals surface area (Å²) in [6.07, 6.45) is 0.849. The van der Waals surface area contributed by atoms with E-state index in [0.29, 0.717) is 4.90 Å². The van der Waals surface area contributed by atoms with Gasteiger partial charge in [0.05, 0.1) is 4.90 Å². The van der Waals surface area contributed by atoms with Gasteiger partial charge in [0.2, 0.25) is 0 Å². The van der Waals surface area contributed by atoms with Gasteiger partial charge in [-0.3, -0.25) is 0 Å². The molecule has 176 valence electrons. The van der Waals surface area contributed by atoms with Gasteiger partial charge in [0.15, 0.2) is 11.1 Å². The zero-order valence-corrected chi connectivity index (χ0v) is 21.6. The van der Waals surface area contributed by atoms with Crippen molar-refractivity contribution in [2.24, 2.45) is 0 Å². The molecule has 0 aliphatic carbocycles. The highest BCUT2D eigenvalue weighted by Crippen LogP contribution is 2.46. The largest absolute Gasteiger partial charge is 0.378 e. The molecule has 33 heavy (non-hydrogen) atoms. The molecule has 4 nitrogen and oxygen atoms in total. The molecule has 2 atom stereocenters. The Labute approximate surface area is 201 Å². The fourth-order valence-corrected chi connectivity index (χ4v) is 5.17. The minimum atomic E-state index is -2.08. The number of rotatable bonds is 8. The maximum absolute atomic E-state index is 12.5. The quantitative estimate of drug-likeness (QED) is 0.315. The van der Waals surface area contributed by atoms with E-state index in [9.17, 15) is 8.76 Å². The smallest absolute Gasteiger partial charge is 0.186 e. The molecule has 0 aliphatic rings. The Balaban J connectivity index is 2.45. The molecule has 0 bridgehead atoms. The number of benzene rings is 3. The fraction of sp³-hybridized carbons (Fsp3) is 0.357. The Morgan fingerprint density at radius 1 is 0.848 bits per heavy atom. The Morgan fingerprint density at radius 3 is 1.91 bits per heavy atom. The molecule has 5 heteroatoms. The van der Waals surface area contributed by atoms with Crippen molar-refractivity contribution in [3.63, 3.8) is 0 Å². The first-order chi connectivity index (χ1) is 15.6. The summed E-state index contributed by atoms with van der Waals surface area (Å²) >= 11 is -2.08. The maximum atomic E-state index is 12.5. The maximum Gasteiger partial charge on any atom is 0.186 e. The van der Waals surface area contributed by atoms with E-state index < -0.39 is 11.1 Å². The first-order valence-corrected chi connectivity index (χ1v) is 12.5. The lowest BCUT2D eigenvalue weighted by molar-refractivity contribution is 0.484. The summed E-state index contributed by atoms with van der Waals surface area (Å²) < 4.78 is 22.8. The van der Waals surface area contributed by atoms with Crippen molar-refractivity contribution in [3.8, 4) is 0 Å². The highest BCUT2D eigenvalue weighted by atomic mass is 32.2. The molecule has 3 aromatic rings. The van der Waals surface area contributed by atoms with Gasteiger partial charge in [-0.25, -0.2) is 4.21 Å². The Hall–Kier alpha value is -2.63. The van der Waals surface area contributed by atoms with Crippen LogP contribution >= 0.6 is 0 Å². The van der Waals surface area contributed by atoms with Crippen molar-refractivity contribution in [1.82, 2.24) is 0 Å². The van der Waals surface area contributed by atoms with Crippen LogP contribution in [0.5, 0.6) is 0 Å². The van der Waals surface area contributed by atoms with Crippen molar-refractivity contribution < 1.29 is 8.76 Å². The van der Waals surface area contributed by atoms with E-state index in [1.165, 1.54) is 0 Å². The van der Waals surface area contributed by atoms with Gasteiger partial charge in [0.1, 0.15) is 0 Å². The van der Waals surface area contributed by atoms with Gasteiger partial charge in [0.25, 0.3) is 0 Å². The second-order valence-electron chi connectivity index (χ2n) is 9.58. The molecule has 0 fully saturated rings. The van der Waals surface area contributed by atoms with Gasteiger partial charge < -0.3 is 14.4 Å². The van der Waals surface area contributed by atoms with Crippen LogP contribution in [0, 0.1) is 0 Å². The molecule has 0 radical (unpaired) electrons. The van der Waals surface area contributed by atoms with E-state index in [1.807, 2.05) is 46.4 Å². The average Bonchev–Trinajstić information content (AvgIpc) is 2.79. The molecular formula is C28H36N2O2S. The molecule has 3 aromatic carbocycles. The van der Waals surface area contributed by atoms with Crippen LogP contribution in [0.3, 0.4) is 0 Å². The lowest BCUT2D eigenvalue weighted by atomic mass is 9.73. The molecule has 1 N–H and O–H groups in total. The first-order valence-electron chi connectivity index (χ1n) is 11.4. The Bertz CT molecular complexity index is 1110. The van der Waals surface area contributed by atoms with Crippen LogP contribution in [0.2, 0.25) is 0 Å². The van der Waals surface area contributed by atoms with Crippen LogP contribution in [0.1, 0.15) is 55.4 Å². The third-order valence-electron chi connectivity index (χ3n) is 6.58. The fourth-order valence-electron chi connectivity index (χ4n) is 4.43. The van der Waals surface area contributed by atoms with Crippen molar-refractivity contribution >= 4 is 22.5 Å². The summed E-state index contributed by atoms with van der Waals surface area (Å²) in [4.78, 5) is 4.69.